The minimum atomic E-state index is 0.433. The van der Waals surface area contributed by atoms with Crippen LogP contribution in [-0.4, -0.2) is 9.97 Å². The van der Waals surface area contributed by atoms with Gasteiger partial charge in [0.25, 0.3) is 0 Å². The van der Waals surface area contributed by atoms with E-state index in [-0.39, 0.29) is 0 Å². The van der Waals surface area contributed by atoms with Crippen LogP contribution >= 0.6 is 0 Å². The summed E-state index contributed by atoms with van der Waals surface area (Å²) < 4.78 is 0. The standard InChI is InChI=1S/C10H11N5/c11-7-1-3-8(4-2-7)14-10-13-6-5-9(12)15-10/h1-6H,11H2,(H3,12,13,14,15). The number of nitrogens with zero attached hydrogens (tertiary/aromatic N) is 2. The van der Waals surface area contributed by atoms with Gasteiger partial charge in [-0.15, -0.1) is 0 Å². The average molecular weight is 201 g/mol. The fourth-order valence-electron chi connectivity index (χ4n) is 1.13. The molecule has 15 heavy (non-hydrogen) atoms. The molecule has 0 saturated carbocycles. The van der Waals surface area contributed by atoms with Gasteiger partial charge in [0, 0.05) is 17.6 Å². The van der Waals surface area contributed by atoms with Crippen molar-refractivity contribution in [1.29, 1.82) is 0 Å². The second-order valence-corrected chi connectivity index (χ2v) is 3.05. The van der Waals surface area contributed by atoms with Crippen LogP contribution in [-0.2, 0) is 0 Å². The summed E-state index contributed by atoms with van der Waals surface area (Å²) in [7, 11) is 0. The van der Waals surface area contributed by atoms with Crippen molar-refractivity contribution in [2.24, 2.45) is 0 Å². The van der Waals surface area contributed by atoms with E-state index in [2.05, 4.69) is 15.3 Å². The molecule has 0 aliphatic carbocycles. The van der Waals surface area contributed by atoms with Crippen molar-refractivity contribution < 1.29 is 0 Å². The first kappa shape index (κ1) is 9.26. The number of rotatable bonds is 2. The predicted octanol–water partition coefficient (Wildman–Crippen LogP) is 1.38. The number of aromatic nitrogens is 2. The second kappa shape index (κ2) is 3.83. The van der Waals surface area contributed by atoms with Crippen molar-refractivity contribution >= 4 is 23.1 Å². The van der Waals surface area contributed by atoms with Crippen LogP contribution in [0.1, 0.15) is 0 Å². The summed E-state index contributed by atoms with van der Waals surface area (Å²) in [5, 5.41) is 3.01. The summed E-state index contributed by atoms with van der Waals surface area (Å²) in [6, 6.07) is 8.93. The summed E-state index contributed by atoms with van der Waals surface area (Å²) in [6.07, 6.45) is 1.60. The van der Waals surface area contributed by atoms with E-state index in [0.717, 1.165) is 5.69 Å². The van der Waals surface area contributed by atoms with E-state index < -0.39 is 0 Å². The molecule has 1 aromatic heterocycles. The van der Waals surface area contributed by atoms with E-state index in [1.807, 2.05) is 12.1 Å². The molecule has 0 atom stereocenters. The molecule has 5 heteroatoms. The molecule has 5 nitrogen and oxygen atoms in total. The van der Waals surface area contributed by atoms with Gasteiger partial charge in [0.1, 0.15) is 5.82 Å². The molecule has 2 rings (SSSR count). The van der Waals surface area contributed by atoms with Gasteiger partial charge in [-0.2, -0.15) is 4.98 Å². The quantitative estimate of drug-likeness (QED) is 0.639. The Bertz CT molecular complexity index is 452. The van der Waals surface area contributed by atoms with Gasteiger partial charge in [-0.05, 0) is 30.3 Å². The van der Waals surface area contributed by atoms with Gasteiger partial charge in [-0.25, -0.2) is 4.98 Å². The Balaban J connectivity index is 2.18. The van der Waals surface area contributed by atoms with Crippen LogP contribution in [0.25, 0.3) is 0 Å². The van der Waals surface area contributed by atoms with Gasteiger partial charge in [0.05, 0.1) is 0 Å². The average Bonchev–Trinajstić information content (AvgIpc) is 2.22. The topological polar surface area (TPSA) is 89.8 Å². The maximum absolute atomic E-state index is 5.57. The molecule has 1 aromatic carbocycles. The lowest BCUT2D eigenvalue weighted by Crippen LogP contribution is -1.99. The Hall–Kier alpha value is -2.30. The number of nitrogens with two attached hydrogens (primary N) is 2. The molecule has 0 radical (unpaired) electrons. The van der Waals surface area contributed by atoms with E-state index in [9.17, 15) is 0 Å². The van der Waals surface area contributed by atoms with E-state index in [1.165, 1.54) is 0 Å². The van der Waals surface area contributed by atoms with Crippen LogP contribution < -0.4 is 16.8 Å². The lowest BCUT2D eigenvalue weighted by Gasteiger charge is -2.04. The molecule has 0 spiro atoms. The smallest absolute Gasteiger partial charge is 0.229 e. The first-order valence-corrected chi connectivity index (χ1v) is 4.45. The maximum Gasteiger partial charge on any atom is 0.229 e. The van der Waals surface area contributed by atoms with E-state index in [0.29, 0.717) is 17.5 Å². The molecule has 0 amide bonds. The molecule has 0 unspecified atom stereocenters. The second-order valence-electron chi connectivity index (χ2n) is 3.05. The summed E-state index contributed by atoms with van der Waals surface area (Å²) in [6.45, 7) is 0. The van der Waals surface area contributed by atoms with Crippen LogP contribution in [0, 0.1) is 0 Å². The number of nitrogens with one attached hydrogen (secondary N) is 1. The van der Waals surface area contributed by atoms with Crippen molar-refractivity contribution in [2.75, 3.05) is 16.8 Å². The van der Waals surface area contributed by atoms with E-state index >= 15 is 0 Å². The van der Waals surface area contributed by atoms with Crippen molar-refractivity contribution in [3.05, 3.63) is 36.5 Å². The van der Waals surface area contributed by atoms with Gasteiger partial charge >= 0.3 is 0 Å². The van der Waals surface area contributed by atoms with Crippen molar-refractivity contribution in [2.45, 2.75) is 0 Å². The predicted molar refractivity (Wildman–Crippen MR) is 60.6 cm³/mol. The summed E-state index contributed by atoms with van der Waals surface area (Å²) >= 11 is 0. The summed E-state index contributed by atoms with van der Waals surface area (Å²) in [4.78, 5) is 8.04. The molecular formula is C10H11N5. The van der Waals surface area contributed by atoms with Gasteiger partial charge in [-0.1, -0.05) is 0 Å². The van der Waals surface area contributed by atoms with E-state index in [4.69, 9.17) is 11.5 Å². The van der Waals surface area contributed by atoms with Crippen molar-refractivity contribution in [3.8, 4) is 0 Å². The fourth-order valence-corrected chi connectivity index (χ4v) is 1.13. The van der Waals surface area contributed by atoms with Crippen molar-refractivity contribution in [3.63, 3.8) is 0 Å². The zero-order chi connectivity index (χ0) is 10.7. The van der Waals surface area contributed by atoms with Gasteiger partial charge in [0.2, 0.25) is 5.95 Å². The molecule has 5 N–H and O–H groups in total. The van der Waals surface area contributed by atoms with Crippen molar-refractivity contribution in [1.82, 2.24) is 9.97 Å². The first-order valence-electron chi connectivity index (χ1n) is 4.45. The Morgan fingerprint density at radius 3 is 2.40 bits per heavy atom. The highest BCUT2D eigenvalue weighted by atomic mass is 15.1. The number of benzene rings is 1. The molecule has 1 heterocycles. The molecule has 0 aliphatic rings. The van der Waals surface area contributed by atoms with Crippen LogP contribution in [0.15, 0.2) is 36.5 Å². The molecule has 0 fully saturated rings. The number of hydrogen-bond donors (Lipinski definition) is 3. The van der Waals surface area contributed by atoms with Crippen LogP contribution in [0.3, 0.4) is 0 Å². The molecule has 0 aliphatic heterocycles. The Morgan fingerprint density at radius 1 is 1.00 bits per heavy atom. The minimum absolute atomic E-state index is 0.433. The fraction of sp³-hybridized carbons (Fsp3) is 0. The third-order valence-corrected chi connectivity index (χ3v) is 1.84. The summed E-state index contributed by atoms with van der Waals surface area (Å²) in [5.74, 6) is 0.905. The molecular weight excluding hydrogens is 190 g/mol. The van der Waals surface area contributed by atoms with Gasteiger partial charge < -0.3 is 16.8 Å². The highest BCUT2D eigenvalue weighted by Gasteiger charge is 1.97. The summed E-state index contributed by atoms with van der Waals surface area (Å²) in [5.41, 5.74) is 12.7. The lowest BCUT2D eigenvalue weighted by atomic mass is 10.3. The number of hydrogen-bond acceptors (Lipinski definition) is 5. The Labute approximate surface area is 87.2 Å². The Kier molecular flexibility index (Phi) is 2.37. The van der Waals surface area contributed by atoms with Crippen LogP contribution in [0.5, 0.6) is 0 Å². The number of anilines is 4. The third-order valence-electron chi connectivity index (χ3n) is 1.84. The largest absolute Gasteiger partial charge is 0.399 e. The normalized spacial score (nSPS) is 9.87. The lowest BCUT2D eigenvalue weighted by molar-refractivity contribution is 1.17. The molecule has 2 aromatic rings. The number of nitrogen functional groups attached to an aromatic ring is 2. The molecule has 76 valence electrons. The van der Waals surface area contributed by atoms with Crippen LogP contribution in [0.4, 0.5) is 23.1 Å². The third kappa shape index (κ3) is 2.34. The SMILES string of the molecule is Nc1ccc(Nc2nccc(N)n2)cc1. The van der Waals surface area contributed by atoms with Gasteiger partial charge in [0.15, 0.2) is 0 Å². The highest BCUT2D eigenvalue weighted by molar-refractivity contribution is 5.57. The zero-order valence-corrected chi connectivity index (χ0v) is 8.01. The Morgan fingerprint density at radius 2 is 1.73 bits per heavy atom. The minimum Gasteiger partial charge on any atom is -0.399 e. The zero-order valence-electron chi connectivity index (χ0n) is 8.01. The molecule has 0 bridgehead atoms. The monoisotopic (exact) mass is 201 g/mol. The maximum atomic E-state index is 5.57. The first-order chi connectivity index (χ1) is 7.24. The van der Waals surface area contributed by atoms with Crippen LogP contribution in [0.2, 0.25) is 0 Å². The highest BCUT2D eigenvalue weighted by Crippen LogP contribution is 2.14. The van der Waals surface area contributed by atoms with E-state index in [1.54, 1.807) is 24.4 Å². The molecule has 0 saturated heterocycles. The van der Waals surface area contributed by atoms with Gasteiger partial charge in [-0.3, -0.25) is 0 Å².